The molecule has 0 fully saturated rings. The van der Waals surface area contributed by atoms with Crippen LogP contribution in [0.1, 0.15) is 5.82 Å². The van der Waals surface area contributed by atoms with Crippen LogP contribution in [0.4, 0.5) is 5.95 Å². The zero-order chi connectivity index (χ0) is 6.85. The Kier molecular flexibility index (Phi) is 1.38. The topological polar surface area (TPSA) is 42.7 Å². The third kappa shape index (κ3) is 1.01. The Balaban J connectivity index is 3.01. The van der Waals surface area contributed by atoms with Gasteiger partial charge in [0.05, 0.1) is 0 Å². The SMILES string of the molecule is CNc1nc(C)nn1C. The van der Waals surface area contributed by atoms with Gasteiger partial charge in [-0.05, 0) is 6.92 Å². The van der Waals surface area contributed by atoms with E-state index in [0.29, 0.717) is 0 Å². The molecule has 0 unspecified atom stereocenters. The van der Waals surface area contributed by atoms with Crippen LogP contribution in [0.5, 0.6) is 0 Å². The Bertz CT molecular complexity index is 203. The standard InChI is InChI=1S/C5H10N4/c1-4-7-5(6-2)9(3)8-4/h1-3H3,(H,6,7,8). The number of hydrogen-bond acceptors (Lipinski definition) is 3. The Morgan fingerprint density at radius 3 is 2.44 bits per heavy atom. The third-order valence-corrected chi connectivity index (χ3v) is 1.09. The highest BCUT2D eigenvalue weighted by atomic mass is 15.4. The smallest absolute Gasteiger partial charge is 0.220 e. The predicted octanol–water partition coefficient (Wildman–Crippen LogP) is 0.165. The quantitative estimate of drug-likeness (QED) is 0.583. The fourth-order valence-corrected chi connectivity index (χ4v) is 0.730. The summed E-state index contributed by atoms with van der Waals surface area (Å²) in [5.41, 5.74) is 0. The summed E-state index contributed by atoms with van der Waals surface area (Å²) in [6.45, 7) is 1.86. The largest absolute Gasteiger partial charge is 0.358 e. The molecule has 1 rings (SSSR count). The molecule has 4 nitrogen and oxygen atoms in total. The molecule has 0 radical (unpaired) electrons. The van der Waals surface area contributed by atoms with E-state index in [-0.39, 0.29) is 0 Å². The minimum absolute atomic E-state index is 0.793. The lowest BCUT2D eigenvalue weighted by Gasteiger charge is -1.93. The van der Waals surface area contributed by atoms with Crippen molar-refractivity contribution < 1.29 is 0 Å². The number of nitrogens with zero attached hydrogens (tertiary/aromatic N) is 3. The van der Waals surface area contributed by atoms with Crippen molar-refractivity contribution in [3.05, 3.63) is 5.82 Å². The molecule has 0 amide bonds. The fraction of sp³-hybridized carbons (Fsp3) is 0.600. The van der Waals surface area contributed by atoms with Crippen LogP contribution in [0.2, 0.25) is 0 Å². The first-order chi connectivity index (χ1) is 4.24. The van der Waals surface area contributed by atoms with E-state index in [0.717, 1.165) is 11.8 Å². The van der Waals surface area contributed by atoms with Gasteiger partial charge in [0, 0.05) is 14.1 Å². The molecule has 0 aromatic carbocycles. The normalized spacial score (nSPS) is 9.67. The lowest BCUT2D eigenvalue weighted by molar-refractivity contribution is 0.763. The summed E-state index contributed by atoms with van der Waals surface area (Å²) >= 11 is 0. The van der Waals surface area contributed by atoms with Crippen molar-refractivity contribution in [2.24, 2.45) is 7.05 Å². The lowest BCUT2D eigenvalue weighted by Crippen LogP contribution is -1.98. The zero-order valence-corrected chi connectivity index (χ0v) is 5.84. The number of aryl methyl sites for hydroxylation is 2. The van der Waals surface area contributed by atoms with Crippen LogP contribution in [0.15, 0.2) is 0 Å². The Morgan fingerprint density at radius 2 is 2.22 bits per heavy atom. The van der Waals surface area contributed by atoms with Crippen LogP contribution in [-0.2, 0) is 7.05 Å². The molecule has 50 valence electrons. The molecule has 0 aliphatic rings. The molecule has 0 aliphatic heterocycles. The van der Waals surface area contributed by atoms with E-state index in [4.69, 9.17) is 0 Å². The zero-order valence-electron chi connectivity index (χ0n) is 5.84. The van der Waals surface area contributed by atoms with Gasteiger partial charge >= 0.3 is 0 Å². The van der Waals surface area contributed by atoms with Crippen molar-refractivity contribution in [1.82, 2.24) is 14.8 Å². The molecule has 0 saturated carbocycles. The van der Waals surface area contributed by atoms with Crippen LogP contribution in [0.3, 0.4) is 0 Å². The van der Waals surface area contributed by atoms with E-state index >= 15 is 0 Å². The van der Waals surface area contributed by atoms with E-state index in [1.807, 2.05) is 21.0 Å². The van der Waals surface area contributed by atoms with E-state index in [2.05, 4.69) is 15.4 Å². The molecule has 1 aromatic rings. The van der Waals surface area contributed by atoms with E-state index in [1.54, 1.807) is 4.68 Å². The minimum atomic E-state index is 0.793. The van der Waals surface area contributed by atoms with Crippen molar-refractivity contribution in [2.75, 3.05) is 12.4 Å². The Hall–Kier alpha value is -1.06. The summed E-state index contributed by atoms with van der Waals surface area (Å²) in [6, 6.07) is 0. The van der Waals surface area contributed by atoms with E-state index in [1.165, 1.54) is 0 Å². The molecule has 0 spiro atoms. The molecule has 1 heterocycles. The summed E-state index contributed by atoms with van der Waals surface area (Å²) in [6.07, 6.45) is 0. The molecule has 0 bridgehead atoms. The summed E-state index contributed by atoms with van der Waals surface area (Å²) in [4.78, 5) is 4.07. The van der Waals surface area contributed by atoms with Crippen molar-refractivity contribution in [3.63, 3.8) is 0 Å². The van der Waals surface area contributed by atoms with E-state index < -0.39 is 0 Å². The van der Waals surface area contributed by atoms with Crippen molar-refractivity contribution in [1.29, 1.82) is 0 Å². The van der Waals surface area contributed by atoms with Crippen LogP contribution >= 0.6 is 0 Å². The van der Waals surface area contributed by atoms with E-state index in [9.17, 15) is 0 Å². The highest BCUT2D eigenvalue weighted by Crippen LogP contribution is 1.98. The van der Waals surface area contributed by atoms with Gasteiger partial charge < -0.3 is 5.32 Å². The number of aromatic nitrogens is 3. The molecular formula is C5H10N4. The van der Waals surface area contributed by atoms with Gasteiger partial charge in [0.2, 0.25) is 5.95 Å². The summed E-state index contributed by atoms with van der Waals surface area (Å²) in [5, 5.41) is 6.93. The van der Waals surface area contributed by atoms with Crippen molar-refractivity contribution in [3.8, 4) is 0 Å². The van der Waals surface area contributed by atoms with Crippen LogP contribution in [0.25, 0.3) is 0 Å². The van der Waals surface area contributed by atoms with Gasteiger partial charge in [-0.25, -0.2) is 4.68 Å². The maximum Gasteiger partial charge on any atom is 0.220 e. The van der Waals surface area contributed by atoms with Crippen molar-refractivity contribution >= 4 is 5.95 Å². The van der Waals surface area contributed by atoms with Crippen molar-refractivity contribution in [2.45, 2.75) is 6.92 Å². The third-order valence-electron chi connectivity index (χ3n) is 1.09. The van der Waals surface area contributed by atoms with Crippen LogP contribution in [0, 0.1) is 6.92 Å². The summed E-state index contributed by atoms with van der Waals surface area (Å²) in [5.74, 6) is 1.59. The second kappa shape index (κ2) is 2.05. The monoisotopic (exact) mass is 126 g/mol. The van der Waals surface area contributed by atoms with Gasteiger partial charge in [-0.1, -0.05) is 0 Å². The molecule has 4 heteroatoms. The van der Waals surface area contributed by atoms with Gasteiger partial charge in [-0.3, -0.25) is 0 Å². The first-order valence-corrected chi connectivity index (χ1v) is 2.79. The van der Waals surface area contributed by atoms with Crippen LogP contribution < -0.4 is 5.32 Å². The average Bonchev–Trinajstić information content (AvgIpc) is 2.10. The molecule has 9 heavy (non-hydrogen) atoms. The highest BCUT2D eigenvalue weighted by molar-refractivity contribution is 5.22. The number of nitrogens with one attached hydrogen (secondary N) is 1. The predicted molar refractivity (Wildman–Crippen MR) is 35.3 cm³/mol. The van der Waals surface area contributed by atoms with Crippen LogP contribution in [-0.4, -0.2) is 21.8 Å². The summed E-state index contributed by atoms with van der Waals surface area (Å²) in [7, 11) is 3.68. The fourth-order valence-electron chi connectivity index (χ4n) is 0.730. The van der Waals surface area contributed by atoms with Gasteiger partial charge in [0.25, 0.3) is 0 Å². The highest BCUT2D eigenvalue weighted by Gasteiger charge is 1.97. The van der Waals surface area contributed by atoms with Gasteiger partial charge in [-0.2, -0.15) is 10.1 Å². The van der Waals surface area contributed by atoms with Gasteiger partial charge in [-0.15, -0.1) is 0 Å². The Labute approximate surface area is 53.9 Å². The molecule has 0 saturated heterocycles. The minimum Gasteiger partial charge on any atom is -0.358 e. The molecular weight excluding hydrogens is 116 g/mol. The summed E-state index contributed by atoms with van der Waals surface area (Å²) < 4.78 is 1.70. The average molecular weight is 126 g/mol. The maximum atomic E-state index is 4.07. The van der Waals surface area contributed by atoms with Gasteiger partial charge in [0.15, 0.2) is 0 Å². The number of hydrogen-bond donors (Lipinski definition) is 1. The molecule has 1 N–H and O–H groups in total. The Morgan fingerprint density at radius 1 is 1.56 bits per heavy atom. The first-order valence-electron chi connectivity index (χ1n) is 2.79. The van der Waals surface area contributed by atoms with Gasteiger partial charge in [0.1, 0.15) is 5.82 Å². The first kappa shape index (κ1) is 6.07. The molecule has 1 aromatic heterocycles. The second-order valence-corrected chi connectivity index (χ2v) is 1.86. The number of rotatable bonds is 1. The maximum absolute atomic E-state index is 4.07. The lowest BCUT2D eigenvalue weighted by atomic mass is 10.7. The second-order valence-electron chi connectivity index (χ2n) is 1.86. The molecule has 0 aliphatic carbocycles. The number of anilines is 1. The molecule has 0 atom stereocenters.